The van der Waals surface area contributed by atoms with Gasteiger partial charge in [-0.25, -0.2) is 0 Å². The fourth-order valence-electron chi connectivity index (χ4n) is 2.12. The van der Waals surface area contributed by atoms with Crippen LogP contribution in [0.2, 0.25) is 10.0 Å². The highest BCUT2D eigenvalue weighted by Gasteiger charge is 2.37. The summed E-state index contributed by atoms with van der Waals surface area (Å²) in [6, 6.07) is 3.20. The van der Waals surface area contributed by atoms with Crippen LogP contribution in [0.3, 0.4) is 0 Å². The van der Waals surface area contributed by atoms with E-state index in [1.54, 1.807) is 12.1 Å². The lowest BCUT2D eigenvalue weighted by Gasteiger charge is -2.27. The van der Waals surface area contributed by atoms with Crippen LogP contribution in [0.25, 0.3) is 6.08 Å². The third kappa shape index (κ3) is 4.72. The molecule has 1 fully saturated rings. The number of carbonyl (C=O) groups excluding carboxylic acids is 3. The summed E-state index contributed by atoms with van der Waals surface area (Å²) in [6.07, 6.45) is 0.549. The average Bonchev–Trinajstić information content (AvgIpc) is 2.77. The third-order valence-corrected chi connectivity index (χ3v) is 5.17. The van der Waals surface area contributed by atoms with Gasteiger partial charge in [-0.15, -0.1) is 0 Å². The summed E-state index contributed by atoms with van der Waals surface area (Å²) in [7, 11) is 0. The van der Waals surface area contributed by atoms with E-state index in [1.165, 1.54) is 12.1 Å². The van der Waals surface area contributed by atoms with E-state index in [9.17, 15) is 24.6 Å². The highest BCUT2D eigenvalue weighted by Crippen LogP contribution is 2.36. The second kappa shape index (κ2) is 8.18. The van der Waals surface area contributed by atoms with Gasteiger partial charge < -0.3 is 19.8 Å². The highest BCUT2D eigenvalue weighted by molar-refractivity contribution is 8.26. The van der Waals surface area contributed by atoms with Crippen LogP contribution in [-0.2, 0) is 14.4 Å². The molecular weight excluding hydrogens is 409 g/mol. The van der Waals surface area contributed by atoms with E-state index >= 15 is 0 Å². The lowest BCUT2D eigenvalue weighted by molar-refractivity contribution is -0.311. The number of halogens is 2. The average molecular weight is 418 g/mol. The molecule has 0 aliphatic carbocycles. The fourth-order valence-corrected chi connectivity index (χ4v) is 3.93. The number of amides is 1. The van der Waals surface area contributed by atoms with Gasteiger partial charge in [0.2, 0.25) is 0 Å². The van der Waals surface area contributed by atoms with Crippen LogP contribution in [0.15, 0.2) is 23.1 Å². The van der Waals surface area contributed by atoms with Crippen molar-refractivity contribution in [1.29, 1.82) is 0 Å². The van der Waals surface area contributed by atoms with Crippen molar-refractivity contribution >= 4 is 75.4 Å². The summed E-state index contributed by atoms with van der Waals surface area (Å²) >= 11 is 17.8. The summed E-state index contributed by atoms with van der Waals surface area (Å²) in [6.45, 7) is 0. The van der Waals surface area contributed by atoms with Crippen molar-refractivity contribution in [2.24, 2.45) is 0 Å². The molecule has 0 spiro atoms. The Hall–Kier alpha value is -1.61. The van der Waals surface area contributed by atoms with Crippen molar-refractivity contribution in [3.8, 4) is 0 Å². The molecular formula is C15H9Cl2NO5S2-2. The minimum Gasteiger partial charge on any atom is -0.550 e. The van der Waals surface area contributed by atoms with E-state index in [0.717, 1.165) is 16.7 Å². The first-order valence-corrected chi connectivity index (χ1v) is 8.81. The fraction of sp³-hybridized carbons (Fsp3) is 0.200. The first-order chi connectivity index (χ1) is 11.7. The van der Waals surface area contributed by atoms with Crippen LogP contribution < -0.4 is 10.2 Å². The van der Waals surface area contributed by atoms with Gasteiger partial charge in [0.05, 0.1) is 16.9 Å². The number of hydrogen-bond donors (Lipinski definition) is 0. The maximum atomic E-state index is 12.5. The van der Waals surface area contributed by atoms with Gasteiger partial charge in [-0.05, 0) is 36.6 Å². The molecule has 25 heavy (non-hydrogen) atoms. The van der Waals surface area contributed by atoms with E-state index in [-0.39, 0.29) is 15.6 Å². The predicted molar refractivity (Wildman–Crippen MR) is 94.5 cm³/mol. The lowest BCUT2D eigenvalue weighted by atomic mass is 10.1. The summed E-state index contributed by atoms with van der Waals surface area (Å²) in [5.74, 6) is -3.68. The van der Waals surface area contributed by atoms with Gasteiger partial charge in [0.1, 0.15) is 4.32 Å². The number of rotatable bonds is 6. The lowest BCUT2D eigenvalue weighted by Crippen LogP contribution is -2.50. The molecule has 1 heterocycles. The van der Waals surface area contributed by atoms with E-state index in [4.69, 9.17) is 35.4 Å². The van der Waals surface area contributed by atoms with Crippen molar-refractivity contribution in [3.63, 3.8) is 0 Å². The summed E-state index contributed by atoms with van der Waals surface area (Å²) in [5.41, 5.74) is 0.506. The van der Waals surface area contributed by atoms with E-state index in [1.807, 2.05) is 0 Å². The van der Waals surface area contributed by atoms with Gasteiger partial charge in [0.15, 0.2) is 0 Å². The second-order valence-electron chi connectivity index (χ2n) is 4.96. The quantitative estimate of drug-likeness (QED) is 0.499. The van der Waals surface area contributed by atoms with Gasteiger partial charge in [-0.1, -0.05) is 53.2 Å². The van der Waals surface area contributed by atoms with Crippen molar-refractivity contribution in [1.82, 2.24) is 4.90 Å². The van der Waals surface area contributed by atoms with Crippen LogP contribution in [-0.4, -0.2) is 33.1 Å². The van der Waals surface area contributed by atoms with E-state index in [0.29, 0.717) is 15.6 Å². The van der Waals surface area contributed by atoms with Crippen LogP contribution in [0, 0.1) is 0 Å². The monoisotopic (exact) mass is 417 g/mol. The zero-order valence-electron chi connectivity index (χ0n) is 12.4. The Kier molecular flexibility index (Phi) is 6.45. The molecule has 1 aliphatic rings. The SMILES string of the molecule is O=C([O-])CC[C@H](C(=O)[O-])N1C(=O)/C(=C\c2ccc(Cl)cc2Cl)SC1=S. The van der Waals surface area contributed by atoms with Crippen LogP contribution in [0.1, 0.15) is 18.4 Å². The Bertz CT molecular complexity index is 796. The summed E-state index contributed by atoms with van der Waals surface area (Å²) < 4.78 is -0.00566. The third-order valence-electron chi connectivity index (χ3n) is 3.28. The Morgan fingerprint density at radius 1 is 1.32 bits per heavy atom. The van der Waals surface area contributed by atoms with Gasteiger partial charge >= 0.3 is 0 Å². The van der Waals surface area contributed by atoms with Gasteiger partial charge in [-0.2, -0.15) is 0 Å². The molecule has 1 aliphatic heterocycles. The number of benzene rings is 1. The first-order valence-electron chi connectivity index (χ1n) is 6.83. The Morgan fingerprint density at radius 2 is 2.00 bits per heavy atom. The molecule has 0 bridgehead atoms. The van der Waals surface area contributed by atoms with Crippen molar-refractivity contribution in [2.45, 2.75) is 18.9 Å². The zero-order valence-corrected chi connectivity index (χ0v) is 15.5. The normalized spacial score (nSPS) is 17.2. The molecule has 0 unspecified atom stereocenters. The maximum absolute atomic E-state index is 12.5. The molecule has 6 nitrogen and oxygen atoms in total. The van der Waals surface area contributed by atoms with Gasteiger partial charge in [-0.3, -0.25) is 9.69 Å². The van der Waals surface area contributed by atoms with Crippen LogP contribution in [0.4, 0.5) is 0 Å². The van der Waals surface area contributed by atoms with Gasteiger partial charge in [0, 0.05) is 16.0 Å². The number of aliphatic carboxylic acids is 2. The smallest absolute Gasteiger partial charge is 0.266 e. The van der Waals surface area contributed by atoms with Crippen LogP contribution in [0.5, 0.6) is 0 Å². The van der Waals surface area contributed by atoms with Crippen molar-refractivity contribution in [3.05, 3.63) is 38.7 Å². The molecule has 132 valence electrons. The topological polar surface area (TPSA) is 101 Å². The molecule has 0 N–H and O–H groups in total. The molecule has 0 saturated carbocycles. The number of thiocarbonyl (C=S) groups is 1. The van der Waals surface area contributed by atoms with Crippen LogP contribution >= 0.6 is 47.2 Å². The number of carboxylic acid groups (broad SMARTS) is 2. The molecule has 1 amide bonds. The summed E-state index contributed by atoms with van der Waals surface area (Å²) in [4.78, 5) is 35.4. The van der Waals surface area contributed by atoms with E-state index < -0.39 is 30.3 Å². The number of carbonyl (C=O) groups is 3. The predicted octanol–water partition coefficient (Wildman–Crippen LogP) is 0.843. The largest absolute Gasteiger partial charge is 0.550 e. The molecule has 1 aromatic rings. The Morgan fingerprint density at radius 3 is 2.56 bits per heavy atom. The number of nitrogens with zero attached hydrogens (tertiary/aromatic N) is 1. The Balaban J connectivity index is 2.30. The first kappa shape index (κ1) is 19.7. The second-order valence-corrected chi connectivity index (χ2v) is 7.48. The minimum atomic E-state index is -1.59. The van der Waals surface area contributed by atoms with Crippen molar-refractivity contribution < 1.29 is 24.6 Å². The Labute approximate surface area is 162 Å². The molecule has 2 rings (SSSR count). The number of thioether (sulfide) groups is 1. The molecule has 1 atom stereocenters. The van der Waals surface area contributed by atoms with Gasteiger partial charge in [0.25, 0.3) is 5.91 Å². The minimum absolute atomic E-state index is 0.00566. The number of hydrogen-bond acceptors (Lipinski definition) is 7. The zero-order chi connectivity index (χ0) is 18.7. The molecule has 10 heteroatoms. The molecule has 0 aromatic heterocycles. The van der Waals surface area contributed by atoms with E-state index in [2.05, 4.69) is 0 Å². The maximum Gasteiger partial charge on any atom is 0.266 e. The van der Waals surface area contributed by atoms with Crippen molar-refractivity contribution in [2.75, 3.05) is 0 Å². The number of carboxylic acids is 2. The molecule has 0 radical (unpaired) electrons. The molecule has 1 aromatic carbocycles. The highest BCUT2D eigenvalue weighted by atomic mass is 35.5. The summed E-state index contributed by atoms with van der Waals surface area (Å²) in [5, 5.41) is 22.6. The molecule has 1 saturated heterocycles. The standard InChI is InChI=1S/C15H11Cl2NO5S2/c16-8-2-1-7(9(17)6-8)5-11-13(21)18(15(24)25-11)10(14(22)23)3-4-12(19)20/h1-2,5-6,10H,3-4H2,(H,19,20)(H,22,23)/p-2/b11-5+/t10-/m1/s1.